The van der Waals surface area contributed by atoms with Crippen LogP contribution in [0.15, 0.2) is 22.7 Å². The second-order valence-electron chi connectivity index (χ2n) is 3.35. The van der Waals surface area contributed by atoms with Gasteiger partial charge < -0.3 is 9.84 Å². The molecule has 3 nitrogen and oxygen atoms in total. The largest absolute Gasteiger partial charge is 0.492 e. The Morgan fingerprint density at radius 3 is 2.44 bits per heavy atom. The van der Waals surface area contributed by atoms with Crippen molar-refractivity contribution in [3.8, 4) is 5.75 Å². The summed E-state index contributed by atoms with van der Waals surface area (Å²) in [5, 5.41) is 8.41. The van der Waals surface area contributed by atoms with Crippen molar-refractivity contribution in [2.24, 2.45) is 5.92 Å². The molecule has 1 unspecified atom stereocenters. The number of alkyl halides is 3. The Balaban J connectivity index is 2.76. The van der Waals surface area contributed by atoms with Gasteiger partial charge in [-0.2, -0.15) is 13.2 Å². The first-order valence-electron chi connectivity index (χ1n) is 4.58. The molecule has 0 aromatic heterocycles. The Labute approximate surface area is 107 Å². The highest BCUT2D eigenvalue weighted by molar-refractivity contribution is 9.10. The van der Waals surface area contributed by atoms with Gasteiger partial charge in [-0.05, 0) is 12.1 Å². The van der Waals surface area contributed by atoms with Gasteiger partial charge in [-0.3, -0.25) is 4.79 Å². The van der Waals surface area contributed by atoms with Crippen LogP contribution in [0, 0.1) is 11.7 Å². The summed E-state index contributed by atoms with van der Waals surface area (Å²) < 4.78 is 54.7. The van der Waals surface area contributed by atoms with Crippen molar-refractivity contribution in [1.29, 1.82) is 0 Å². The zero-order chi connectivity index (χ0) is 13.9. The Hall–Kier alpha value is -1.31. The molecule has 0 amide bonds. The van der Waals surface area contributed by atoms with Crippen molar-refractivity contribution in [1.82, 2.24) is 0 Å². The topological polar surface area (TPSA) is 46.5 Å². The van der Waals surface area contributed by atoms with E-state index >= 15 is 0 Å². The number of carboxylic acids is 1. The van der Waals surface area contributed by atoms with Crippen LogP contribution in [0.25, 0.3) is 0 Å². The Morgan fingerprint density at radius 1 is 1.39 bits per heavy atom. The van der Waals surface area contributed by atoms with Crippen molar-refractivity contribution >= 4 is 21.9 Å². The molecule has 1 rings (SSSR count). The smallest absolute Gasteiger partial charge is 0.405 e. The first-order chi connectivity index (χ1) is 8.20. The average Bonchev–Trinajstić information content (AvgIpc) is 2.12. The van der Waals surface area contributed by atoms with Crippen LogP contribution >= 0.6 is 15.9 Å². The van der Waals surface area contributed by atoms with E-state index in [9.17, 15) is 22.4 Å². The monoisotopic (exact) mass is 330 g/mol. The van der Waals surface area contributed by atoms with Crippen LogP contribution in [0.1, 0.15) is 0 Å². The van der Waals surface area contributed by atoms with E-state index in [0.717, 1.165) is 12.1 Å². The van der Waals surface area contributed by atoms with Gasteiger partial charge in [0, 0.05) is 10.5 Å². The van der Waals surface area contributed by atoms with E-state index in [4.69, 9.17) is 5.11 Å². The predicted molar refractivity (Wildman–Crippen MR) is 56.8 cm³/mol. The number of rotatable bonds is 4. The van der Waals surface area contributed by atoms with E-state index in [1.807, 2.05) is 0 Å². The summed E-state index contributed by atoms with van der Waals surface area (Å²) in [5.41, 5.74) is 0. The normalized spacial score (nSPS) is 13.2. The standard InChI is InChI=1S/C10H7BrF4O3/c11-5-1-6(12)3-7(2-5)18-4-8(9(16)17)10(13,14)15/h1-3,8H,4H2,(H,16,17). The minimum atomic E-state index is -4.92. The van der Waals surface area contributed by atoms with E-state index < -0.39 is 30.5 Å². The molecule has 18 heavy (non-hydrogen) atoms. The quantitative estimate of drug-likeness (QED) is 0.862. The highest BCUT2D eigenvalue weighted by Crippen LogP contribution is 2.28. The summed E-state index contributed by atoms with van der Waals surface area (Å²) >= 11 is 2.93. The lowest BCUT2D eigenvalue weighted by atomic mass is 10.1. The number of carbonyl (C=O) groups is 1. The summed E-state index contributed by atoms with van der Waals surface area (Å²) in [6, 6.07) is 3.18. The maximum Gasteiger partial charge on any atom is 0.405 e. The van der Waals surface area contributed by atoms with Gasteiger partial charge in [0.2, 0.25) is 0 Å². The lowest BCUT2D eigenvalue weighted by Gasteiger charge is -2.16. The van der Waals surface area contributed by atoms with Gasteiger partial charge in [-0.15, -0.1) is 0 Å². The number of benzene rings is 1. The van der Waals surface area contributed by atoms with Gasteiger partial charge in [0.1, 0.15) is 18.2 Å². The van der Waals surface area contributed by atoms with Crippen LogP contribution in [0.3, 0.4) is 0 Å². The highest BCUT2D eigenvalue weighted by atomic mass is 79.9. The van der Waals surface area contributed by atoms with Gasteiger partial charge in [-0.25, -0.2) is 4.39 Å². The minimum Gasteiger partial charge on any atom is -0.492 e. The first kappa shape index (κ1) is 14.7. The van der Waals surface area contributed by atoms with Crippen LogP contribution in [-0.4, -0.2) is 23.9 Å². The molecule has 0 radical (unpaired) electrons. The molecule has 0 spiro atoms. The van der Waals surface area contributed by atoms with E-state index in [-0.39, 0.29) is 10.2 Å². The molecule has 1 atom stereocenters. The third kappa shape index (κ3) is 4.17. The second-order valence-corrected chi connectivity index (χ2v) is 4.26. The van der Waals surface area contributed by atoms with E-state index in [1.165, 1.54) is 6.07 Å². The number of hydrogen-bond donors (Lipinski definition) is 1. The number of aliphatic carboxylic acids is 1. The molecule has 0 saturated carbocycles. The summed E-state index contributed by atoms with van der Waals surface area (Å²) in [4.78, 5) is 10.4. The summed E-state index contributed by atoms with van der Waals surface area (Å²) in [5.74, 6) is -5.59. The maximum atomic E-state index is 12.9. The molecule has 0 aliphatic rings. The second kappa shape index (κ2) is 5.55. The van der Waals surface area contributed by atoms with Crippen molar-refractivity contribution in [3.05, 3.63) is 28.5 Å². The summed E-state index contributed by atoms with van der Waals surface area (Å²) in [6.45, 7) is -1.12. The summed E-state index contributed by atoms with van der Waals surface area (Å²) in [6.07, 6.45) is -4.92. The van der Waals surface area contributed by atoms with Crippen molar-refractivity contribution in [2.75, 3.05) is 6.61 Å². The zero-order valence-corrected chi connectivity index (χ0v) is 10.3. The van der Waals surface area contributed by atoms with E-state index in [0.29, 0.717) is 0 Å². The van der Waals surface area contributed by atoms with E-state index in [2.05, 4.69) is 20.7 Å². The van der Waals surface area contributed by atoms with E-state index in [1.54, 1.807) is 0 Å². The first-order valence-corrected chi connectivity index (χ1v) is 5.38. The fourth-order valence-corrected chi connectivity index (χ4v) is 1.54. The molecule has 0 aliphatic heterocycles. The molecule has 0 fully saturated rings. The lowest BCUT2D eigenvalue weighted by molar-refractivity contribution is -0.198. The molecular formula is C10H7BrF4O3. The van der Waals surface area contributed by atoms with Gasteiger partial charge in [0.05, 0.1) is 0 Å². The van der Waals surface area contributed by atoms with Crippen molar-refractivity contribution in [2.45, 2.75) is 6.18 Å². The molecule has 100 valence electrons. The van der Waals surface area contributed by atoms with Crippen molar-refractivity contribution < 1.29 is 32.2 Å². The minimum absolute atomic E-state index is 0.183. The highest BCUT2D eigenvalue weighted by Gasteiger charge is 2.45. The van der Waals surface area contributed by atoms with Gasteiger partial charge in [0.15, 0.2) is 5.92 Å². The van der Waals surface area contributed by atoms with Crippen molar-refractivity contribution in [3.63, 3.8) is 0 Å². The molecule has 1 aromatic rings. The number of halogens is 5. The van der Waals surface area contributed by atoms with Crippen LogP contribution in [-0.2, 0) is 4.79 Å². The third-order valence-electron chi connectivity index (χ3n) is 1.95. The molecule has 1 N–H and O–H groups in total. The average molecular weight is 331 g/mol. The Bertz CT molecular complexity index is 427. The molecule has 0 heterocycles. The fourth-order valence-electron chi connectivity index (χ4n) is 1.10. The fraction of sp³-hybridized carbons (Fsp3) is 0.300. The van der Waals surface area contributed by atoms with Gasteiger partial charge in [0.25, 0.3) is 0 Å². The predicted octanol–water partition coefficient (Wildman–Crippen LogP) is 3.23. The molecular weight excluding hydrogens is 324 g/mol. The molecule has 0 aliphatic carbocycles. The maximum absolute atomic E-state index is 12.9. The van der Waals surface area contributed by atoms with Gasteiger partial charge >= 0.3 is 12.1 Å². The number of hydrogen-bond acceptors (Lipinski definition) is 2. The lowest BCUT2D eigenvalue weighted by Crippen LogP contribution is -2.35. The number of ether oxygens (including phenoxy) is 1. The van der Waals surface area contributed by atoms with Crippen LogP contribution in [0.2, 0.25) is 0 Å². The number of carboxylic acid groups (broad SMARTS) is 1. The van der Waals surface area contributed by atoms with Gasteiger partial charge in [-0.1, -0.05) is 15.9 Å². The molecule has 0 saturated heterocycles. The van der Waals surface area contributed by atoms with Crippen LogP contribution in [0.5, 0.6) is 5.75 Å². The molecule has 8 heteroatoms. The molecule has 0 bridgehead atoms. The summed E-state index contributed by atoms with van der Waals surface area (Å²) in [7, 11) is 0. The SMILES string of the molecule is O=C(O)C(COc1cc(F)cc(Br)c1)C(F)(F)F. The third-order valence-corrected chi connectivity index (χ3v) is 2.40. The van der Waals surface area contributed by atoms with Crippen LogP contribution < -0.4 is 4.74 Å². The Morgan fingerprint density at radius 2 is 2.00 bits per heavy atom. The molecule has 1 aromatic carbocycles. The Kier molecular flexibility index (Phi) is 4.55. The van der Waals surface area contributed by atoms with Crippen LogP contribution in [0.4, 0.5) is 17.6 Å². The zero-order valence-electron chi connectivity index (χ0n) is 8.67.